The number of benzene rings is 1. The van der Waals surface area contributed by atoms with Crippen LogP contribution in [-0.2, 0) is 9.59 Å². The van der Waals surface area contributed by atoms with Crippen molar-refractivity contribution in [2.24, 2.45) is 5.92 Å². The maximum atomic E-state index is 12.3. The maximum Gasteiger partial charge on any atom is 0.307 e. The van der Waals surface area contributed by atoms with Gasteiger partial charge in [0.2, 0.25) is 5.91 Å². The smallest absolute Gasteiger partial charge is 0.307 e. The summed E-state index contributed by atoms with van der Waals surface area (Å²) >= 11 is 0. The molecule has 154 valence electrons. The molecule has 2 heterocycles. The van der Waals surface area contributed by atoms with Gasteiger partial charge in [-0.05, 0) is 37.0 Å². The van der Waals surface area contributed by atoms with Crippen LogP contribution in [0.1, 0.15) is 25.7 Å². The molecule has 29 heavy (non-hydrogen) atoms. The Morgan fingerprint density at radius 1 is 1.34 bits per heavy atom. The first-order valence-corrected chi connectivity index (χ1v) is 9.87. The second-order valence-corrected chi connectivity index (χ2v) is 7.53. The van der Waals surface area contributed by atoms with Gasteiger partial charge in [-0.1, -0.05) is 0 Å². The van der Waals surface area contributed by atoms with E-state index in [1.807, 2.05) is 6.07 Å². The molecule has 0 radical (unpaired) electrons. The lowest BCUT2D eigenvalue weighted by atomic mass is 10.1. The number of H-pyrrole nitrogens is 1. The zero-order chi connectivity index (χ0) is 20.2. The molecule has 1 saturated carbocycles. The van der Waals surface area contributed by atoms with Crippen LogP contribution >= 0.6 is 0 Å². The van der Waals surface area contributed by atoms with Crippen LogP contribution in [0.4, 0.5) is 17.3 Å². The number of carbonyl (C=O) groups excluding carboxylic acids is 1. The third-order valence-electron chi connectivity index (χ3n) is 5.02. The molecular formula is C20H25N5O4. The van der Waals surface area contributed by atoms with Crippen LogP contribution in [0.3, 0.4) is 0 Å². The van der Waals surface area contributed by atoms with Crippen molar-refractivity contribution in [3.05, 3.63) is 30.6 Å². The van der Waals surface area contributed by atoms with Gasteiger partial charge in [-0.3, -0.25) is 9.59 Å². The summed E-state index contributed by atoms with van der Waals surface area (Å²) in [4.78, 5) is 32.5. The first kappa shape index (κ1) is 19.1. The van der Waals surface area contributed by atoms with Crippen molar-refractivity contribution >= 4 is 29.2 Å². The van der Waals surface area contributed by atoms with Gasteiger partial charge in [0.1, 0.15) is 11.9 Å². The molecule has 0 spiro atoms. The number of nitrogens with zero attached hydrogens (tertiary/aromatic N) is 2. The number of carbonyl (C=O) groups is 2. The van der Waals surface area contributed by atoms with Gasteiger partial charge in [0.05, 0.1) is 18.7 Å². The summed E-state index contributed by atoms with van der Waals surface area (Å²) in [6.07, 6.45) is 5.68. The fourth-order valence-corrected chi connectivity index (χ4v) is 3.47. The zero-order valence-corrected chi connectivity index (χ0v) is 16.1. The number of aromatic nitrogens is 2. The molecular weight excluding hydrogens is 374 g/mol. The molecule has 9 nitrogen and oxygen atoms in total. The van der Waals surface area contributed by atoms with E-state index in [1.165, 1.54) is 12.8 Å². The van der Waals surface area contributed by atoms with Crippen LogP contribution < -0.4 is 20.3 Å². The number of aliphatic carboxylic acids is 1. The van der Waals surface area contributed by atoms with E-state index in [0.717, 1.165) is 12.2 Å². The molecule has 1 fully saturated rings. The number of anilines is 3. The molecule has 2 aliphatic rings. The van der Waals surface area contributed by atoms with E-state index in [0.29, 0.717) is 42.8 Å². The van der Waals surface area contributed by atoms with Crippen molar-refractivity contribution in [3.63, 3.8) is 0 Å². The van der Waals surface area contributed by atoms with Crippen LogP contribution in [0.2, 0.25) is 0 Å². The van der Waals surface area contributed by atoms with Crippen LogP contribution in [0.15, 0.2) is 30.6 Å². The number of nitrogens with one attached hydrogen (secondary N) is 3. The van der Waals surface area contributed by atoms with Crippen molar-refractivity contribution < 1.29 is 19.4 Å². The topological polar surface area (TPSA) is 120 Å². The maximum absolute atomic E-state index is 12.3. The number of amides is 1. The SMILES string of the molecule is O=C(O)CC1CN(CC2CC2)c2cc(NC(=O)CCNc3ncc[nH]3)ccc2O1. The van der Waals surface area contributed by atoms with E-state index in [9.17, 15) is 9.59 Å². The van der Waals surface area contributed by atoms with Gasteiger partial charge in [0.15, 0.2) is 5.95 Å². The number of carboxylic acid groups (broad SMARTS) is 1. The van der Waals surface area contributed by atoms with E-state index >= 15 is 0 Å². The predicted molar refractivity (Wildman–Crippen MR) is 108 cm³/mol. The molecule has 1 unspecified atom stereocenters. The minimum Gasteiger partial charge on any atom is -0.486 e. The van der Waals surface area contributed by atoms with Gasteiger partial charge < -0.3 is 30.4 Å². The Hall–Kier alpha value is -3.23. The molecule has 2 aromatic rings. The number of hydrogen-bond donors (Lipinski definition) is 4. The molecule has 9 heteroatoms. The molecule has 1 atom stereocenters. The monoisotopic (exact) mass is 399 g/mol. The van der Waals surface area contributed by atoms with E-state index in [1.54, 1.807) is 24.5 Å². The third-order valence-corrected chi connectivity index (χ3v) is 5.02. The number of aromatic amines is 1. The summed E-state index contributed by atoms with van der Waals surface area (Å²) in [6.45, 7) is 1.90. The first-order chi connectivity index (χ1) is 14.1. The van der Waals surface area contributed by atoms with E-state index in [-0.39, 0.29) is 18.4 Å². The molecule has 1 aromatic carbocycles. The summed E-state index contributed by atoms with van der Waals surface area (Å²) in [7, 11) is 0. The lowest BCUT2D eigenvalue weighted by molar-refractivity contribution is -0.138. The predicted octanol–water partition coefficient (Wildman–Crippen LogP) is 2.30. The molecule has 4 N–H and O–H groups in total. The van der Waals surface area contributed by atoms with Crippen molar-refractivity contribution in [1.82, 2.24) is 9.97 Å². The second kappa shape index (κ2) is 8.42. The second-order valence-electron chi connectivity index (χ2n) is 7.53. The Bertz CT molecular complexity index is 866. The third kappa shape index (κ3) is 5.18. The lowest BCUT2D eigenvalue weighted by Crippen LogP contribution is -2.42. The van der Waals surface area contributed by atoms with Gasteiger partial charge >= 0.3 is 5.97 Å². The van der Waals surface area contributed by atoms with Gasteiger partial charge in [0, 0.05) is 37.6 Å². The number of carboxylic acids is 1. The first-order valence-electron chi connectivity index (χ1n) is 9.87. The summed E-state index contributed by atoms with van der Waals surface area (Å²) < 4.78 is 5.89. The highest BCUT2D eigenvalue weighted by molar-refractivity contribution is 5.92. The van der Waals surface area contributed by atoms with Crippen LogP contribution in [-0.4, -0.2) is 52.7 Å². The van der Waals surface area contributed by atoms with Crippen LogP contribution in [0.25, 0.3) is 0 Å². The van der Waals surface area contributed by atoms with Crippen LogP contribution in [0, 0.1) is 5.92 Å². The van der Waals surface area contributed by atoms with E-state index in [4.69, 9.17) is 9.84 Å². The summed E-state index contributed by atoms with van der Waals surface area (Å²) in [5.74, 6) is 0.989. The molecule has 1 aliphatic heterocycles. The Kier molecular flexibility index (Phi) is 5.55. The standard InChI is InChI=1S/C20H25N5O4/c26-18(5-6-21-20-22-7-8-23-20)24-14-3-4-17-16(9-14)25(11-13-1-2-13)12-15(29-17)10-19(27)28/h3-4,7-9,13,15H,1-2,5-6,10-12H2,(H,24,26)(H,27,28)(H2,21,22,23). The Balaban J connectivity index is 1.39. The van der Waals surface area contributed by atoms with Crippen molar-refractivity contribution in [2.45, 2.75) is 31.8 Å². The highest BCUT2D eigenvalue weighted by Gasteiger charge is 2.32. The quantitative estimate of drug-likeness (QED) is 0.511. The highest BCUT2D eigenvalue weighted by atomic mass is 16.5. The van der Waals surface area contributed by atoms with Gasteiger partial charge in [0.25, 0.3) is 0 Å². The van der Waals surface area contributed by atoms with Crippen molar-refractivity contribution in [2.75, 3.05) is 35.2 Å². The molecule has 1 aromatic heterocycles. The van der Waals surface area contributed by atoms with Gasteiger partial charge in [-0.15, -0.1) is 0 Å². The minimum absolute atomic E-state index is 0.0260. The Morgan fingerprint density at radius 3 is 2.93 bits per heavy atom. The largest absolute Gasteiger partial charge is 0.486 e. The number of hydrogen-bond acceptors (Lipinski definition) is 6. The minimum atomic E-state index is -0.864. The number of rotatable bonds is 9. The average molecular weight is 399 g/mol. The molecule has 1 amide bonds. The average Bonchev–Trinajstić information content (AvgIpc) is 3.33. The normalized spacial score (nSPS) is 17.9. The fourth-order valence-electron chi connectivity index (χ4n) is 3.47. The van der Waals surface area contributed by atoms with Gasteiger partial charge in [-0.2, -0.15) is 0 Å². The molecule has 4 rings (SSSR count). The lowest BCUT2D eigenvalue weighted by Gasteiger charge is -2.36. The van der Waals surface area contributed by atoms with Crippen molar-refractivity contribution in [1.29, 1.82) is 0 Å². The van der Waals surface area contributed by atoms with Crippen LogP contribution in [0.5, 0.6) is 5.75 Å². The van der Waals surface area contributed by atoms with Crippen molar-refractivity contribution in [3.8, 4) is 5.75 Å². The summed E-state index contributed by atoms with van der Waals surface area (Å²) in [5, 5.41) is 15.1. The zero-order valence-electron chi connectivity index (χ0n) is 16.1. The molecule has 0 saturated heterocycles. The molecule has 0 bridgehead atoms. The van der Waals surface area contributed by atoms with E-state index in [2.05, 4.69) is 25.5 Å². The molecule has 1 aliphatic carbocycles. The number of fused-ring (bicyclic) bond motifs is 1. The van der Waals surface area contributed by atoms with Gasteiger partial charge in [-0.25, -0.2) is 4.98 Å². The fraction of sp³-hybridized carbons (Fsp3) is 0.450. The number of ether oxygens (including phenoxy) is 1. The highest BCUT2D eigenvalue weighted by Crippen LogP contribution is 2.39. The summed E-state index contributed by atoms with van der Waals surface area (Å²) in [5.41, 5.74) is 1.61. The number of imidazole rings is 1. The summed E-state index contributed by atoms with van der Waals surface area (Å²) in [6, 6.07) is 5.50. The Labute approximate surface area is 168 Å². The Morgan fingerprint density at radius 2 is 2.21 bits per heavy atom. The van der Waals surface area contributed by atoms with E-state index < -0.39 is 5.97 Å².